The smallest absolute Gasteiger partial charge is 0.0454 e. The molecule has 0 amide bonds. The number of halogens is 1. The van der Waals surface area contributed by atoms with Gasteiger partial charge >= 0.3 is 0 Å². The van der Waals surface area contributed by atoms with Crippen LogP contribution in [0.2, 0.25) is 5.02 Å². The van der Waals surface area contributed by atoms with E-state index >= 15 is 0 Å². The van der Waals surface area contributed by atoms with E-state index in [4.69, 9.17) is 17.3 Å². The Morgan fingerprint density at radius 3 is 2.64 bits per heavy atom. The van der Waals surface area contributed by atoms with Crippen molar-refractivity contribution in [3.05, 3.63) is 34.3 Å². The fourth-order valence-electron chi connectivity index (χ4n) is 1.63. The fourth-order valence-corrected chi connectivity index (χ4v) is 1.89. The third-order valence-corrected chi connectivity index (χ3v) is 3.05. The van der Waals surface area contributed by atoms with Gasteiger partial charge in [-0.2, -0.15) is 0 Å². The summed E-state index contributed by atoms with van der Waals surface area (Å²) in [7, 11) is 0. The molecule has 0 unspecified atom stereocenters. The zero-order valence-corrected chi connectivity index (χ0v) is 8.93. The van der Waals surface area contributed by atoms with Crippen LogP contribution in [0.25, 0.3) is 0 Å². The molecule has 0 aliphatic carbocycles. The van der Waals surface area contributed by atoms with Gasteiger partial charge in [0, 0.05) is 18.1 Å². The van der Waals surface area contributed by atoms with Crippen LogP contribution in [0.3, 0.4) is 0 Å². The average Bonchev–Trinajstić information content (AvgIpc) is 2.13. The molecule has 2 nitrogen and oxygen atoms in total. The third-order valence-electron chi connectivity index (χ3n) is 2.70. The summed E-state index contributed by atoms with van der Waals surface area (Å²) in [5, 5.41) is 0.847. The van der Waals surface area contributed by atoms with E-state index in [0.717, 1.165) is 17.1 Å². The molecule has 0 aromatic heterocycles. The molecule has 1 aliphatic rings. The zero-order valence-electron chi connectivity index (χ0n) is 8.17. The van der Waals surface area contributed by atoms with Crippen LogP contribution in [0.5, 0.6) is 0 Å². The van der Waals surface area contributed by atoms with Crippen molar-refractivity contribution in [2.24, 2.45) is 5.73 Å². The van der Waals surface area contributed by atoms with Crippen LogP contribution < -0.4 is 5.73 Å². The SMILES string of the molecule is NCc1ccc(CN2CCC2)c(Cl)c1. The molecule has 0 atom stereocenters. The Bertz CT molecular complexity index is 321. The topological polar surface area (TPSA) is 29.3 Å². The summed E-state index contributed by atoms with van der Waals surface area (Å²) >= 11 is 6.15. The summed E-state index contributed by atoms with van der Waals surface area (Å²) in [6.45, 7) is 3.94. The van der Waals surface area contributed by atoms with Gasteiger partial charge in [-0.05, 0) is 36.7 Å². The molecular formula is C11H15ClN2. The molecule has 2 N–H and O–H groups in total. The van der Waals surface area contributed by atoms with Crippen LogP contribution in [-0.4, -0.2) is 18.0 Å². The van der Waals surface area contributed by atoms with Gasteiger partial charge in [-0.3, -0.25) is 4.90 Å². The molecule has 1 fully saturated rings. The van der Waals surface area contributed by atoms with Gasteiger partial charge < -0.3 is 5.73 Å². The molecule has 14 heavy (non-hydrogen) atoms. The monoisotopic (exact) mass is 210 g/mol. The highest BCUT2D eigenvalue weighted by atomic mass is 35.5. The lowest BCUT2D eigenvalue weighted by atomic mass is 10.1. The van der Waals surface area contributed by atoms with E-state index in [1.807, 2.05) is 6.07 Å². The van der Waals surface area contributed by atoms with E-state index in [1.165, 1.54) is 25.1 Å². The first-order chi connectivity index (χ1) is 6.79. The van der Waals surface area contributed by atoms with Crippen LogP contribution in [0, 0.1) is 0 Å². The van der Waals surface area contributed by atoms with Crippen LogP contribution in [-0.2, 0) is 13.1 Å². The number of benzene rings is 1. The summed E-state index contributed by atoms with van der Waals surface area (Å²) in [5.41, 5.74) is 7.85. The van der Waals surface area contributed by atoms with Gasteiger partial charge in [0.1, 0.15) is 0 Å². The average molecular weight is 211 g/mol. The van der Waals surface area contributed by atoms with Crippen molar-refractivity contribution < 1.29 is 0 Å². The molecule has 0 radical (unpaired) electrons. The summed E-state index contributed by atoms with van der Waals surface area (Å²) < 4.78 is 0. The maximum atomic E-state index is 6.15. The standard InChI is InChI=1S/C11H15ClN2/c12-11-6-9(7-13)2-3-10(11)8-14-4-1-5-14/h2-3,6H,1,4-5,7-8,13H2. The molecule has 1 heterocycles. The Morgan fingerprint density at radius 1 is 1.36 bits per heavy atom. The van der Waals surface area contributed by atoms with Crippen molar-refractivity contribution in [1.29, 1.82) is 0 Å². The van der Waals surface area contributed by atoms with Crippen LogP contribution in [0.1, 0.15) is 17.5 Å². The minimum atomic E-state index is 0.559. The van der Waals surface area contributed by atoms with Crippen molar-refractivity contribution in [2.75, 3.05) is 13.1 Å². The van der Waals surface area contributed by atoms with E-state index in [1.54, 1.807) is 0 Å². The van der Waals surface area contributed by atoms with Crippen molar-refractivity contribution in [2.45, 2.75) is 19.5 Å². The van der Waals surface area contributed by atoms with Gasteiger partial charge in [0.05, 0.1) is 0 Å². The Labute approximate surface area is 89.7 Å². The molecule has 1 aromatic rings. The van der Waals surface area contributed by atoms with Crippen LogP contribution >= 0.6 is 11.6 Å². The lowest BCUT2D eigenvalue weighted by Crippen LogP contribution is -2.36. The predicted octanol–water partition coefficient (Wildman–Crippen LogP) is 2.00. The molecule has 1 saturated heterocycles. The van der Waals surface area contributed by atoms with Crippen molar-refractivity contribution in [3.8, 4) is 0 Å². The zero-order chi connectivity index (χ0) is 9.97. The quantitative estimate of drug-likeness (QED) is 0.827. The number of likely N-dealkylation sites (tertiary alicyclic amines) is 1. The second-order valence-electron chi connectivity index (χ2n) is 3.76. The fraction of sp³-hybridized carbons (Fsp3) is 0.455. The Hall–Kier alpha value is -0.570. The lowest BCUT2D eigenvalue weighted by Gasteiger charge is -2.30. The first kappa shape index (κ1) is 9.97. The third kappa shape index (κ3) is 2.08. The Balaban J connectivity index is 2.09. The van der Waals surface area contributed by atoms with Gasteiger partial charge in [-0.1, -0.05) is 23.7 Å². The number of hydrogen-bond donors (Lipinski definition) is 1. The number of hydrogen-bond acceptors (Lipinski definition) is 2. The summed E-state index contributed by atoms with van der Waals surface area (Å²) in [4.78, 5) is 2.39. The van der Waals surface area contributed by atoms with Crippen molar-refractivity contribution in [1.82, 2.24) is 4.90 Å². The van der Waals surface area contributed by atoms with E-state index < -0.39 is 0 Å². The largest absolute Gasteiger partial charge is 0.326 e. The molecule has 0 bridgehead atoms. The molecule has 2 rings (SSSR count). The highest BCUT2D eigenvalue weighted by Crippen LogP contribution is 2.21. The molecular weight excluding hydrogens is 196 g/mol. The number of nitrogens with two attached hydrogens (primary N) is 1. The molecule has 1 aromatic carbocycles. The molecule has 0 saturated carbocycles. The minimum absolute atomic E-state index is 0.559. The molecule has 1 aliphatic heterocycles. The number of nitrogens with zero attached hydrogens (tertiary/aromatic N) is 1. The van der Waals surface area contributed by atoms with Crippen molar-refractivity contribution >= 4 is 11.6 Å². The first-order valence-corrected chi connectivity index (χ1v) is 5.37. The van der Waals surface area contributed by atoms with E-state index in [9.17, 15) is 0 Å². The van der Waals surface area contributed by atoms with Crippen LogP contribution in [0.4, 0.5) is 0 Å². The van der Waals surface area contributed by atoms with Gasteiger partial charge in [-0.15, -0.1) is 0 Å². The second-order valence-corrected chi connectivity index (χ2v) is 4.17. The number of rotatable bonds is 3. The maximum absolute atomic E-state index is 6.15. The summed E-state index contributed by atoms with van der Waals surface area (Å²) in [5.74, 6) is 0. The second kappa shape index (κ2) is 4.30. The Morgan fingerprint density at radius 2 is 2.14 bits per heavy atom. The normalized spacial score (nSPS) is 16.7. The predicted molar refractivity (Wildman–Crippen MR) is 59.2 cm³/mol. The van der Waals surface area contributed by atoms with Crippen molar-refractivity contribution in [3.63, 3.8) is 0 Å². The van der Waals surface area contributed by atoms with E-state index in [-0.39, 0.29) is 0 Å². The lowest BCUT2D eigenvalue weighted by molar-refractivity contribution is 0.172. The van der Waals surface area contributed by atoms with E-state index in [0.29, 0.717) is 6.54 Å². The highest BCUT2D eigenvalue weighted by molar-refractivity contribution is 6.31. The Kier molecular flexibility index (Phi) is 3.06. The van der Waals surface area contributed by atoms with E-state index in [2.05, 4.69) is 17.0 Å². The summed E-state index contributed by atoms with van der Waals surface area (Å²) in [6, 6.07) is 6.11. The van der Waals surface area contributed by atoms with Gasteiger partial charge in [0.15, 0.2) is 0 Å². The maximum Gasteiger partial charge on any atom is 0.0454 e. The minimum Gasteiger partial charge on any atom is -0.326 e. The molecule has 76 valence electrons. The first-order valence-electron chi connectivity index (χ1n) is 4.99. The van der Waals surface area contributed by atoms with Gasteiger partial charge in [0.2, 0.25) is 0 Å². The molecule has 3 heteroatoms. The van der Waals surface area contributed by atoms with Gasteiger partial charge in [-0.25, -0.2) is 0 Å². The highest BCUT2D eigenvalue weighted by Gasteiger charge is 2.14. The summed E-state index contributed by atoms with van der Waals surface area (Å²) in [6.07, 6.45) is 1.32. The van der Waals surface area contributed by atoms with Crippen LogP contribution in [0.15, 0.2) is 18.2 Å². The van der Waals surface area contributed by atoms with Gasteiger partial charge in [0.25, 0.3) is 0 Å². The molecule has 0 spiro atoms.